The summed E-state index contributed by atoms with van der Waals surface area (Å²) in [4.78, 5) is 47.1. The summed E-state index contributed by atoms with van der Waals surface area (Å²) in [5.41, 5.74) is 0. The molecule has 26 heavy (non-hydrogen) atoms. The van der Waals surface area contributed by atoms with Crippen LogP contribution in [0.2, 0.25) is 0 Å². The summed E-state index contributed by atoms with van der Waals surface area (Å²) in [5, 5.41) is -0.0485. The Kier molecular flexibility index (Phi) is 6.13. The van der Waals surface area contributed by atoms with Crippen molar-refractivity contribution in [3.05, 3.63) is 0 Å². The van der Waals surface area contributed by atoms with Crippen molar-refractivity contribution in [3.63, 3.8) is 0 Å². The number of carbonyl (C=O) groups is 4. The molecular weight excluding hydrogens is 370 g/mol. The molecule has 0 unspecified atom stereocenters. The van der Waals surface area contributed by atoms with Gasteiger partial charge in [0.25, 0.3) is 5.17 Å². The lowest BCUT2D eigenvalue weighted by atomic mass is 10.1. The normalized spacial score (nSPS) is 30.5. The van der Waals surface area contributed by atoms with Crippen LogP contribution in [0.5, 0.6) is 0 Å². The molecule has 2 saturated heterocycles. The van der Waals surface area contributed by atoms with Crippen LogP contribution in [0, 0.1) is 0 Å². The molecule has 1 amide bonds. The number of ether oxygens (including phenoxy) is 5. The SMILES string of the molecule is CC(=O)O[C@H]1O[C@H]([C@H]2CN(C(C)=O)C(=S)O2)[C@H](OC(C)=O)[C@@H]1OC(C)=O. The van der Waals surface area contributed by atoms with Crippen LogP contribution < -0.4 is 0 Å². The average Bonchev–Trinajstić information content (AvgIpc) is 3.01. The minimum absolute atomic E-state index is 0.0485. The van der Waals surface area contributed by atoms with Gasteiger partial charge in [-0.2, -0.15) is 0 Å². The molecule has 0 saturated carbocycles. The highest BCUT2D eigenvalue weighted by Crippen LogP contribution is 2.33. The molecule has 2 fully saturated rings. The molecule has 2 aliphatic rings. The van der Waals surface area contributed by atoms with E-state index in [4.69, 9.17) is 35.9 Å². The molecule has 2 rings (SSSR count). The van der Waals surface area contributed by atoms with Gasteiger partial charge in [0, 0.05) is 27.7 Å². The summed E-state index contributed by atoms with van der Waals surface area (Å²) < 4.78 is 26.5. The maximum absolute atomic E-state index is 11.6. The van der Waals surface area contributed by atoms with Crippen LogP contribution in [-0.2, 0) is 42.9 Å². The molecule has 0 aromatic carbocycles. The van der Waals surface area contributed by atoms with Crippen molar-refractivity contribution in [1.29, 1.82) is 0 Å². The van der Waals surface area contributed by atoms with Crippen LogP contribution in [0.3, 0.4) is 0 Å². The van der Waals surface area contributed by atoms with E-state index in [1.165, 1.54) is 18.7 Å². The average molecular weight is 389 g/mol. The molecule has 5 atom stereocenters. The predicted octanol–water partition coefficient (Wildman–Crippen LogP) is -0.330. The Morgan fingerprint density at radius 3 is 1.96 bits per heavy atom. The third-order valence-corrected chi connectivity index (χ3v) is 3.99. The molecule has 0 spiro atoms. The van der Waals surface area contributed by atoms with E-state index in [1.54, 1.807) is 0 Å². The molecule has 10 nitrogen and oxygen atoms in total. The lowest BCUT2D eigenvalue weighted by Gasteiger charge is -2.24. The van der Waals surface area contributed by atoms with Crippen LogP contribution in [-0.4, -0.2) is 71.1 Å². The largest absolute Gasteiger partial charge is 0.462 e. The van der Waals surface area contributed by atoms with Crippen molar-refractivity contribution in [2.24, 2.45) is 0 Å². The standard InChI is InChI=1S/C15H19NO9S/c1-6(17)16-5-10(24-15(16)26)11-12(21-7(2)18)13(22-8(3)19)14(25-11)23-9(4)20/h10-14H,5H2,1-4H3/t10-,11-,12+,13+,14+/m1/s1. The Hall–Kier alpha value is -2.27. The number of rotatable bonds is 4. The van der Waals surface area contributed by atoms with E-state index in [1.807, 2.05) is 0 Å². The summed E-state index contributed by atoms with van der Waals surface area (Å²) in [6.07, 6.45) is -5.37. The molecule has 0 radical (unpaired) electrons. The van der Waals surface area contributed by atoms with Gasteiger partial charge in [0.2, 0.25) is 18.3 Å². The molecule has 0 bridgehead atoms. The minimum Gasteiger partial charge on any atom is -0.462 e. The van der Waals surface area contributed by atoms with Gasteiger partial charge >= 0.3 is 17.9 Å². The Labute approximate surface area is 154 Å². The molecule has 0 N–H and O–H groups in total. The molecule has 11 heteroatoms. The van der Waals surface area contributed by atoms with Gasteiger partial charge in [-0.15, -0.1) is 0 Å². The number of nitrogens with zero attached hydrogens (tertiary/aromatic N) is 1. The first kappa shape index (κ1) is 20.0. The van der Waals surface area contributed by atoms with Gasteiger partial charge in [0.1, 0.15) is 12.2 Å². The van der Waals surface area contributed by atoms with Gasteiger partial charge in [0.15, 0.2) is 6.10 Å². The number of thiocarbonyl (C=S) groups is 1. The highest BCUT2D eigenvalue weighted by atomic mass is 32.1. The second kappa shape index (κ2) is 7.96. The molecule has 0 aromatic heterocycles. The molecular formula is C15H19NO9S. The van der Waals surface area contributed by atoms with Crippen molar-refractivity contribution in [2.45, 2.75) is 58.4 Å². The fraction of sp³-hybridized carbons (Fsp3) is 0.667. The third-order valence-electron chi connectivity index (χ3n) is 3.67. The van der Waals surface area contributed by atoms with Gasteiger partial charge in [-0.25, -0.2) is 0 Å². The van der Waals surface area contributed by atoms with Gasteiger partial charge in [-0.1, -0.05) is 0 Å². The van der Waals surface area contributed by atoms with E-state index in [-0.39, 0.29) is 17.6 Å². The maximum Gasteiger partial charge on any atom is 0.305 e. The van der Waals surface area contributed by atoms with Crippen LogP contribution >= 0.6 is 12.2 Å². The first-order valence-electron chi connectivity index (χ1n) is 7.76. The number of amides is 1. The van der Waals surface area contributed by atoms with E-state index < -0.39 is 48.6 Å². The topological polar surface area (TPSA) is 118 Å². The van der Waals surface area contributed by atoms with Gasteiger partial charge in [-0.05, 0) is 12.2 Å². The third kappa shape index (κ3) is 4.47. The maximum atomic E-state index is 11.6. The van der Waals surface area contributed by atoms with Crippen molar-refractivity contribution in [3.8, 4) is 0 Å². The highest BCUT2D eigenvalue weighted by Gasteiger charge is 2.56. The predicted molar refractivity (Wildman–Crippen MR) is 86.4 cm³/mol. The fourth-order valence-electron chi connectivity index (χ4n) is 2.76. The van der Waals surface area contributed by atoms with Crippen LogP contribution in [0.15, 0.2) is 0 Å². The Morgan fingerprint density at radius 2 is 1.50 bits per heavy atom. The molecule has 144 valence electrons. The number of carbonyl (C=O) groups excluding carboxylic acids is 4. The molecule has 2 aliphatic heterocycles. The number of hydrogen-bond donors (Lipinski definition) is 0. The van der Waals surface area contributed by atoms with E-state index in [0.717, 1.165) is 13.8 Å². The Bertz CT molecular complexity index is 637. The zero-order valence-electron chi connectivity index (χ0n) is 14.6. The summed E-state index contributed by atoms with van der Waals surface area (Å²) in [5.74, 6) is -2.34. The van der Waals surface area contributed by atoms with Crippen molar-refractivity contribution in [1.82, 2.24) is 4.90 Å². The van der Waals surface area contributed by atoms with Gasteiger partial charge < -0.3 is 23.7 Å². The highest BCUT2D eigenvalue weighted by molar-refractivity contribution is 7.80. The summed E-state index contributed by atoms with van der Waals surface area (Å²) >= 11 is 5.00. The first-order chi connectivity index (χ1) is 12.1. The van der Waals surface area contributed by atoms with Crippen molar-refractivity contribution >= 4 is 41.2 Å². The second-order valence-corrected chi connectivity index (χ2v) is 6.13. The zero-order valence-corrected chi connectivity index (χ0v) is 15.4. The molecule has 0 aromatic rings. The lowest BCUT2D eigenvalue weighted by Crippen LogP contribution is -2.45. The van der Waals surface area contributed by atoms with E-state index in [9.17, 15) is 19.2 Å². The number of hydrogen-bond acceptors (Lipinski definition) is 10. The smallest absolute Gasteiger partial charge is 0.305 e. The van der Waals surface area contributed by atoms with E-state index >= 15 is 0 Å². The molecule has 0 aliphatic carbocycles. The van der Waals surface area contributed by atoms with E-state index in [2.05, 4.69) is 0 Å². The van der Waals surface area contributed by atoms with Crippen molar-refractivity contribution in [2.75, 3.05) is 6.54 Å². The zero-order chi connectivity index (χ0) is 19.6. The first-order valence-corrected chi connectivity index (χ1v) is 8.16. The monoisotopic (exact) mass is 389 g/mol. The van der Waals surface area contributed by atoms with Crippen LogP contribution in [0.1, 0.15) is 27.7 Å². The van der Waals surface area contributed by atoms with E-state index in [0.29, 0.717) is 0 Å². The van der Waals surface area contributed by atoms with Gasteiger partial charge in [0.05, 0.1) is 6.54 Å². The summed E-state index contributed by atoms with van der Waals surface area (Å²) in [6, 6.07) is 0. The fourth-order valence-corrected chi connectivity index (χ4v) is 3.09. The number of esters is 3. The minimum atomic E-state index is -1.30. The Morgan fingerprint density at radius 1 is 0.962 bits per heavy atom. The second-order valence-electron chi connectivity index (χ2n) is 5.78. The summed E-state index contributed by atoms with van der Waals surface area (Å²) in [7, 11) is 0. The van der Waals surface area contributed by atoms with Gasteiger partial charge in [-0.3, -0.25) is 24.1 Å². The summed E-state index contributed by atoms with van der Waals surface area (Å²) in [6.45, 7) is 4.85. The molecule has 2 heterocycles. The lowest BCUT2D eigenvalue weighted by molar-refractivity contribution is -0.197. The van der Waals surface area contributed by atoms with Crippen LogP contribution in [0.25, 0.3) is 0 Å². The Balaban J connectivity index is 2.28. The van der Waals surface area contributed by atoms with Crippen molar-refractivity contribution < 1.29 is 42.9 Å². The van der Waals surface area contributed by atoms with Crippen LogP contribution in [0.4, 0.5) is 0 Å². The quantitative estimate of drug-likeness (QED) is 0.359.